The van der Waals surface area contributed by atoms with Gasteiger partial charge in [-0.1, -0.05) is 13.8 Å². The molecule has 24 heavy (non-hydrogen) atoms. The maximum Gasteiger partial charge on any atom is 0.260 e. The molecule has 1 aliphatic heterocycles. The smallest absolute Gasteiger partial charge is 0.260 e. The topological polar surface area (TPSA) is 75.7 Å². The monoisotopic (exact) mass is 354 g/mol. The third-order valence-corrected chi connectivity index (χ3v) is 5.65. The van der Waals surface area contributed by atoms with Gasteiger partial charge < -0.3 is 9.64 Å². The maximum absolute atomic E-state index is 12.1. The SMILES string of the molecule is CCCNS(=O)(=O)c1ccc(OCC(=O)N2CCC(C)CC2)cc1. The molecule has 0 unspecified atom stereocenters. The Bertz CT molecular complexity index is 635. The van der Waals surface area contributed by atoms with E-state index in [-0.39, 0.29) is 17.4 Å². The Hall–Kier alpha value is -1.60. The van der Waals surface area contributed by atoms with Gasteiger partial charge in [-0.3, -0.25) is 4.79 Å². The highest BCUT2D eigenvalue weighted by atomic mass is 32.2. The van der Waals surface area contributed by atoms with Crippen molar-refractivity contribution in [3.63, 3.8) is 0 Å². The fourth-order valence-electron chi connectivity index (χ4n) is 2.53. The van der Waals surface area contributed by atoms with E-state index in [1.54, 1.807) is 12.1 Å². The summed E-state index contributed by atoms with van der Waals surface area (Å²) in [7, 11) is -3.47. The van der Waals surface area contributed by atoms with E-state index in [9.17, 15) is 13.2 Å². The van der Waals surface area contributed by atoms with Crippen molar-refractivity contribution in [3.05, 3.63) is 24.3 Å². The van der Waals surface area contributed by atoms with Gasteiger partial charge in [0, 0.05) is 19.6 Å². The van der Waals surface area contributed by atoms with Crippen molar-refractivity contribution in [1.82, 2.24) is 9.62 Å². The van der Waals surface area contributed by atoms with Crippen LogP contribution in [-0.4, -0.2) is 45.5 Å². The summed E-state index contributed by atoms with van der Waals surface area (Å²) in [5.74, 6) is 1.14. The quantitative estimate of drug-likeness (QED) is 0.813. The number of likely N-dealkylation sites (tertiary alicyclic amines) is 1. The van der Waals surface area contributed by atoms with Crippen LogP contribution in [0.1, 0.15) is 33.1 Å². The number of hydrogen-bond acceptors (Lipinski definition) is 4. The fraction of sp³-hybridized carbons (Fsp3) is 0.588. The van der Waals surface area contributed by atoms with Crippen LogP contribution in [0.15, 0.2) is 29.2 Å². The number of hydrogen-bond donors (Lipinski definition) is 1. The van der Waals surface area contributed by atoms with E-state index in [1.807, 2.05) is 11.8 Å². The number of carbonyl (C=O) groups excluding carboxylic acids is 1. The molecule has 0 spiro atoms. The summed E-state index contributed by atoms with van der Waals surface area (Å²) in [4.78, 5) is 14.1. The number of nitrogens with one attached hydrogen (secondary N) is 1. The average Bonchev–Trinajstić information content (AvgIpc) is 2.59. The molecule has 0 saturated carbocycles. The minimum absolute atomic E-state index is 0.0193. The number of nitrogens with zero attached hydrogens (tertiary/aromatic N) is 1. The molecule has 1 aromatic carbocycles. The summed E-state index contributed by atoms with van der Waals surface area (Å²) in [6, 6.07) is 6.12. The summed E-state index contributed by atoms with van der Waals surface area (Å²) < 4.78 is 32.0. The molecule has 7 heteroatoms. The van der Waals surface area contributed by atoms with E-state index in [0.29, 0.717) is 18.2 Å². The molecular formula is C17H26N2O4S. The van der Waals surface area contributed by atoms with Crippen LogP contribution in [0.3, 0.4) is 0 Å². The maximum atomic E-state index is 12.1. The van der Waals surface area contributed by atoms with Crippen molar-refractivity contribution in [2.45, 2.75) is 38.0 Å². The highest BCUT2D eigenvalue weighted by molar-refractivity contribution is 7.89. The first-order valence-electron chi connectivity index (χ1n) is 8.42. The molecule has 0 atom stereocenters. The zero-order valence-electron chi connectivity index (χ0n) is 14.3. The summed E-state index contributed by atoms with van der Waals surface area (Å²) in [6.45, 7) is 6.05. The van der Waals surface area contributed by atoms with Crippen LogP contribution < -0.4 is 9.46 Å². The van der Waals surface area contributed by atoms with Crippen LogP contribution in [0, 0.1) is 5.92 Å². The van der Waals surface area contributed by atoms with Crippen molar-refractivity contribution in [1.29, 1.82) is 0 Å². The van der Waals surface area contributed by atoms with Crippen molar-refractivity contribution in [2.24, 2.45) is 5.92 Å². The van der Waals surface area contributed by atoms with Crippen LogP contribution >= 0.6 is 0 Å². The highest BCUT2D eigenvalue weighted by Crippen LogP contribution is 2.18. The Morgan fingerprint density at radius 1 is 1.25 bits per heavy atom. The molecule has 1 fully saturated rings. The van der Waals surface area contributed by atoms with Crippen LogP contribution in [0.2, 0.25) is 0 Å². The molecule has 2 rings (SSSR count). The van der Waals surface area contributed by atoms with Gasteiger partial charge in [-0.05, 0) is 49.4 Å². The van der Waals surface area contributed by atoms with Gasteiger partial charge in [-0.2, -0.15) is 0 Å². The lowest BCUT2D eigenvalue weighted by Crippen LogP contribution is -2.40. The number of amides is 1. The van der Waals surface area contributed by atoms with Crippen molar-refractivity contribution < 1.29 is 17.9 Å². The van der Waals surface area contributed by atoms with E-state index in [0.717, 1.165) is 32.4 Å². The van der Waals surface area contributed by atoms with Gasteiger partial charge >= 0.3 is 0 Å². The van der Waals surface area contributed by atoms with E-state index >= 15 is 0 Å². The minimum atomic E-state index is -3.47. The second-order valence-corrected chi connectivity index (χ2v) is 7.99. The van der Waals surface area contributed by atoms with Gasteiger partial charge in [0.2, 0.25) is 10.0 Å². The van der Waals surface area contributed by atoms with Gasteiger partial charge in [0.25, 0.3) is 5.91 Å². The predicted molar refractivity (Wildman–Crippen MR) is 92.4 cm³/mol. The van der Waals surface area contributed by atoms with Crippen LogP contribution in [0.4, 0.5) is 0 Å². The van der Waals surface area contributed by atoms with E-state index < -0.39 is 10.0 Å². The molecule has 0 radical (unpaired) electrons. The summed E-state index contributed by atoms with van der Waals surface area (Å²) in [5, 5.41) is 0. The first kappa shape index (κ1) is 18.7. The second kappa shape index (κ2) is 8.48. The Balaban J connectivity index is 1.86. The first-order valence-corrected chi connectivity index (χ1v) is 9.91. The molecule has 1 aromatic rings. The zero-order chi connectivity index (χ0) is 17.6. The van der Waals surface area contributed by atoms with Crippen molar-refractivity contribution >= 4 is 15.9 Å². The second-order valence-electron chi connectivity index (χ2n) is 6.22. The molecule has 134 valence electrons. The molecule has 0 aromatic heterocycles. The van der Waals surface area contributed by atoms with Crippen LogP contribution in [0.5, 0.6) is 5.75 Å². The molecule has 1 aliphatic rings. The molecule has 1 saturated heterocycles. The Labute approximate surface area is 144 Å². The lowest BCUT2D eigenvalue weighted by molar-refractivity contribution is -0.134. The van der Waals surface area contributed by atoms with E-state index in [2.05, 4.69) is 11.6 Å². The van der Waals surface area contributed by atoms with Crippen LogP contribution in [0.25, 0.3) is 0 Å². The molecule has 1 heterocycles. The lowest BCUT2D eigenvalue weighted by Gasteiger charge is -2.30. The largest absolute Gasteiger partial charge is 0.484 e. The molecule has 1 amide bonds. The van der Waals surface area contributed by atoms with Gasteiger partial charge in [-0.25, -0.2) is 13.1 Å². The number of piperidine rings is 1. The van der Waals surface area contributed by atoms with Crippen molar-refractivity contribution in [2.75, 3.05) is 26.2 Å². The van der Waals surface area contributed by atoms with E-state index in [1.165, 1.54) is 12.1 Å². The summed E-state index contributed by atoms with van der Waals surface area (Å²) in [6.07, 6.45) is 2.80. The normalized spacial score (nSPS) is 16.2. The zero-order valence-corrected chi connectivity index (χ0v) is 15.1. The van der Waals surface area contributed by atoms with Gasteiger partial charge in [0.05, 0.1) is 4.90 Å². The number of sulfonamides is 1. The van der Waals surface area contributed by atoms with Gasteiger partial charge in [0.1, 0.15) is 5.75 Å². The molecule has 1 N–H and O–H groups in total. The van der Waals surface area contributed by atoms with Gasteiger partial charge in [0.15, 0.2) is 6.61 Å². The molecule has 6 nitrogen and oxygen atoms in total. The standard InChI is InChI=1S/C17H26N2O4S/c1-3-10-18-24(21,22)16-6-4-15(5-7-16)23-13-17(20)19-11-8-14(2)9-12-19/h4-7,14,18H,3,8-13H2,1-2H3. The molecular weight excluding hydrogens is 328 g/mol. The van der Waals surface area contributed by atoms with E-state index in [4.69, 9.17) is 4.74 Å². The highest BCUT2D eigenvalue weighted by Gasteiger charge is 2.20. The lowest BCUT2D eigenvalue weighted by atomic mass is 9.99. The van der Waals surface area contributed by atoms with Crippen LogP contribution in [-0.2, 0) is 14.8 Å². The van der Waals surface area contributed by atoms with Gasteiger partial charge in [-0.15, -0.1) is 0 Å². The molecule has 0 bridgehead atoms. The third-order valence-electron chi connectivity index (χ3n) is 4.17. The first-order chi connectivity index (χ1) is 11.4. The fourth-order valence-corrected chi connectivity index (χ4v) is 3.66. The number of benzene rings is 1. The van der Waals surface area contributed by atoms with Crippen molar-refractivity contribution in [3.8, 4) is 5.75 Å². The summed E-state index contributed by atoms with van der Waals surface area (Å²) in [5.41, 5.74) is 0. The third kappa shape index (κ3) is 5.21. The Kier molecular flexibility index (Phi) is 6.62. The minimum Gasteiger partial charge on any atom is -0.484 e. The average molecular weight is 354 g/mol. The number of ether oxygens (including phenoxy) is 1. The number of carbonyl (C=O) groups is 1. The number of rotatable bonds is 7. The Morgan fingerprint density at radius 3 is 2.46 bits per heavy atom. The Morgan fingerprint density at radius 2 is 1.88 bits per heavy atom. The summed E-state index contributed by atoms with van der Waals surface area (Å²) >= 11 is 0. The molecule has 0 aliphatic carbocycles. The predicted octanol–water partition coefficient (Wildman–Crippen LogP) is 2.01.